The summed E-state index contributed by atoms with van der Waals surface area (Å²) in [6, 6.07) is 0. The Morgan fingerprint density at radius 3 is 2.79 bits per heavy atom. The predicted octanol–water partition coefficient (Wildman–Crippen LogP) is 0.456. The molecule has 0 aliphatic rings. The second kappa shape index (κ2) is 4.23. The maximum Gasteiger partial charge on any atom is 0.234 e. The molecule has 1 aromatic rings. The van der Waals surface area contributed by atoms with Gasteiger partial charge in [0.2, 0.25) is 5.88 Å². The number of ether oxygens (including phenoxy) is 1. The van der Waals surface area contributed by atoms with Crippen LogP contribution in [0.25, 0.3) is 0 Å². The van der Waals surface area contributed by atoms with E-state index in [1.165, 1.54) is 12.4 Å². The van der Waals surface area contributed by atoms with E-state index in [-0.39, 0.29) is 12.0 Å². The molecule has 1 rings (SSSR count). The Kier molecular flexibility index (Phi) is 3.24. The van der Waals surface area contributed by atoms with Crippen molar-refractivity contribution in [3.05, 3.63) is 12.4 Å². The van der Waals surface area contributed by atoms with Crippen LogP contribution in [0, 0.1) is 5.41 Å². The molecule has 0 saturated carbocycles. The largest absolute Gasteiger partial charge is 0.476 e. The van der Waals surface area contributed by atoms with Gasteiger partial charge in [0.1, 0.15) is 5.82 Å². The maximum absolute atomic E-state index is 8.99. The standard InChI is InChI=1S/C9H15N3O2/c1-9(2,5-13)6-14-8-4-11-3-7(10)12-8/h3-4,13H,5-6H2,1-2H3,(H2,10,12). The van der Waals surface area contributed by atoms with Crippen LogP contribution in [-0.2, 0) is 0 Å². The van der Waals surface area contributed by atoms with Crippen LogP contribution in [0.2, 0.25) is 0 Å². The normalized spacial score (nSPS) is 11.4. The Hall–Kier alpha value is -1.36. The Morgan fingerprint density at radius 2 is 2.21 bits per heavy atom. The van der Waals surface area contributed by atoms with E-state index >= 15 is 0 Å². The molecule has 1 aromatic heterocycles. The first-order valence-corrected chi connectivity index (χ1v) is 4.35. The zero-order chi connectivity index (χ0) is 10.6. The first-order chi connectivity index (χ1) is 6.53. The van der Waals surface area contributed by atoms with Gasteiger partial charge < -0.3 is 15.6 Å². The number of nitrogens with zero attached hydrogens (tertiary/aromatic N) is 2. The molecule has 0 spiro atoms. The molecule has 0 saturated heterocycles. The monoisotopic (exact) mass is 197 g/mol. The number of hydrogen-bond acceptors (Lipinski definition) is 5. The molecule has 0 atom stereocenters. The molecular weight excluding hydrogens is 182 g/mol. The molecule has 0 unspecified atom stereocenters. The quantitative estimate of drug-likeness (QED) is 0.732. The van der Waals surface area contributed by atoms with Crippen LogP contribution in [0.4, 0.5) is 5.82 Å². The number of hydrogen-bond donors (Lipinski definition) is 2. The van der Waals surface area contributed by atoms with Gasteiger partial charge in [-0.05, 0) is 0 Å². The molecule has 14 heavy (non-hydrogen) atoms. The van der Waals surface area contributed by atoms with Crippen molar-refractivity contribution in [3.8, 4) is 5.88 Å². The van der Waals surface area contributed by atoms with Crippen LogP contribution in [0.1, 0.15) is 13.8 Å². The van der Waals surface area contributed by atoms with E-state index in [9.17, 15) is 0 Å². The second-order valence-electron chi connectivity index (χ2n) is 3.89. The minimum atomic E-state index is -0.285. The van der Waals surface area contributed by atoms with Crippen LogP contribution in [0.15, 0.2) is 12.4 Å². The SMILES string of the molecule is CC(C)(CO)COc1cncc(N)n1. The van der Waals surface area contributed by atoms with Gasteiger partial charge in [-0.2, -0.15) is 4.98 Å². The van der Waals surface area contributed by atoms with Crippen molar-refractivity contribution in [2.45, 2.75) is 13.8 Å². The van der Waals surface area contributed by atoms with Crippen LogP contribution >= 0.6 is 0 Å². The minimum absolute atomic E-state index is 0.0583. The fraction of sp³-hybridized carbons (Fsp3) is 0.556. The number of aromatic nitrogens is 2. The van der Waals surface area contributed by atoms with E-state index in [2.05, 4.69) is 9.97 Å². The van der Waals surface area contributed by atoms with Gasteiger partial charge in [0.15, 0.2) is 0 Å². The van der Waals surface area contributed by atoms with Crippen molar-refractivity contribution < 1.29 is 9.84 Å². The molecule has 0 aliphatic carbocycles. The molecule has 0 amide bonds. The van der Waals surface area contributed by atoms with Gasteiger partial charge in [-0.1, -0.05) is 13.8 Å². The topological polar surface area (TPSA) is 81.3 Å². The number of nitrogens with two attached hydrogens (primary N) is 1. The van der Waals surface area contributed by atoms with Gasteiger partial charge in [0.05, 0.1) is 25.6 Å². The second-order valence-corrected chi connectivity index (χ2v) is 3.89. The first kappa shape index (κ1) is 10.7. The van der Waals surface area contributed by atoms with Crippen molar-refractivity contribution in [2.24, 2.45) is 5.41 Å². The third kappa shape index (κ3) is 3.18. The summed E-state index contributed by atoms with van der Waals surface area (Å²) in [6.07, 6.45) is 2.94. The lowest BCUT2D eigenvalue weighted by Crippen LogP contribution is -2.25. The van der Waals surface area contributed by atoms with E-state index in [0.717, 1.165) is 0 Å². The molecule has 78 valence electrons. The molecule has 0 fully saturated rings. The summed E-state index contributed by atoms with van der Waals surface area (Å²) in [4.78, 5) is 7.76. The molecule has 1 heterocycles. The molecule has 0 radical (unpaired) electrons. The molecule has 0 aliphatic heterocycles. The summed E-state index contributed by atoms with van der Waals surface area (Å²) < 4.78 is 5.33. The van der Waals surface area contributed by atoms with Crippen molar-refractivity contribution in [1.82, 2.24) is 9.97 Å². The summed E-state index contributed by atoms with van der Waals surface area (Å²) in [5.41, 5.74) is 5.14. The minimum Gasteiger partial charge on any atom is -0.476 e. The van der Waals surface area contributed by atoms with E-state index < -0.39 is 0 Å². The molecule has 5 heteroatoms. The summed E-state index contributed by atoms with van der Waals surface area (Å²) in [7, 11) is 0. The Labute approximate surface area is 82.9 Å². The summed E-state index contributed by atoms with van der Waals surface area (Å²) in [5, 5.41) is 8.99. The number of aliphatic hydroxyl groups excluding tert-OH is 1. The molecule has 5 nitrogen and oxygen atoms in total. The highest BCUT2D eigenvalue weighted by Crippen LogP contribution is 2.16. The number of rotatable bonds is 4. The Morgan fingerprint density at radius 1 is 1.50 bits per heavy atom. The van der Waals surface area contributed by atoms with Gasteiger partial charge in [0, 0.05) is 5.41 Å². The summed E-state index contributed by atoms with van der Waals surface area (Å²) in [6.45, 7) is 4.23. The van der Waals surface area contributed by atoms with E-state index in [1.807, 2.05) is 13.8 Å². The van der Waals surface area contributed by atoms with Gasteiger partial charge in [0.25, 0.3) is 0 Å². The smallest absolute Gasteiger partial charge is 0.234 e. The Bertz CT molecular complexity index is 302. The third-order valence-electron chi connectivity index (χ3n) is 1.67. The highest BCUT2D eigenvalue weighted by Gasteiger charge is 2.17. The van der Waals surface area contributed by atoms with Crippen molar-refractivity contribution in [3.63, 3.8) is 0 Å². The van der Waals surface area contributed by atoms with E-state index in [4.69, 9.17) is 15.6 Å². The predicted molar refractivity (Wildman–Crippen MR) is 52.8 cm³/mol. The van der Waals surface area contributed by atoms with Crippen LogP contribution < -0.4 is 10.5 Å². The van der Waals surface area contributed by atoms with Gasteiger partial charge in [-0.25, -0.2) is 0 Å². The number of aliphatic hydroxyl groups is 1. The van der Waals surface area contributed by atoms with Crippen molar-refractivity contribution >= 4 is 5.82 Å². The summed E-state index contributed by atoms with van der Waals surface area (Å²) >= 11 is 0. The fourth-order valence-electron chi connectivity index (χ4n) is 0.747. The molecule has 3 N–H and O–H groups in total. The summed E-state index contributed by atoms with van der Waals surface area (Å²) in [5.74, 6) is 0.704. The highest BCUT2D eigenvalue weighted by molar-refractivity contribution is 5.25. The van der Waals surface area contributed by atoms with Gasteiger partial charge in [-0.15, -0.1) is 0 Å². The average Bonchev–Trinajstić information content (AvgIpc) is 2.15. The van der Waals surface area contributed by atoms with Crippen LogP contribution in [0.5, 0.6) is 5.88 Å². The van der Waals surface area contributed by atoms with E-state index in [1.54, 1.807) is 0 Å². The van der Waals surface area contributed by atoms with Gasteiger partial charge in [-0.3, -0.25) is 4.98 Å². The maximum atomic E-state index is 8.99. The number of nitrogen functional groups attached to an aromatic ring is 1. The lowest BCUT2D eigenvalue weighted by molar-refractivity contribution is 0.0950. The zero-order valence-electron chi connectivity index (χ0n) is 8.40. The zero-order valence-corrected chi connectivity index (χ0v) is 8.40. The Balaban J connectivity index is 2.54. The van der Waals surface area contributed by atoms with Crippen LogP contribution in [-0.4, -0.2) is 28.3 Å². The molecular formula is C9H15N3O2. The lowest BCUT2D eigenvalue weighted by atomic mass is 9.97. The fourth-order valence-corrected chi connectivity index (χ4v) is 0.747. The van der Waals surface area contributed by atoms with Crippen LogP contribution in [0.3, 0.4) is 0 Å². The highest BCUT2D eigenvalue weighted by atomic mass is 16.5. The lowest BCUT2D eigenvalue weighted by Gasteiger charge is -2.20. The van der Waals surface area contributed by atoms with Crippen molar-refractivity contribution in [1.29, 1.82) is 0 Å². The average molecular weight is 197 g/mol. The molecule has 0 aromatic carbocycles. The van der Waals surface area contributed by atoms with Gasteiger partial charge >= 0.3 is 0 Å². The van der Waals surface area contributed by atoms with Crippen molar-refractivity contribution in [2.75, 3.05) is 18.9 Å². The van der Waals surface area contributed by atoms with E-state index in [0.29, 0.717) is 18.3 Å². The first-order valence-electron chi connectivity index (χ1n) is 4.35. The third-order valence-corrected chi connectivity index (χ3v) is 1.67. The molecule has 0 bridgehead atoms. The number of anilines is 1.